The van der Waals surface area contributed by atoms with Crippen LogP contribution in [0.4, 0.5) is 0 Å². The molecular formula is C26H21BrN2O5. The van der Waals surface area contributed by atoms with Crippen LogP contribution in [0, 0.1) is 0 Å². The molecule has 2 aromatic heterocycles. The molecule has 172 valence electrons. The summed E-state index contributed by atoms with van der Waals surface area (Å²) in [6, 6.07) is 15.2. The van der Waals surface area contributed by atoms with Crippen molar-refractivity contribution < 1.29 is 23.8 Å². The van der Waals surface area contributed by atoms with Crippen LogP contribution in [-0.4, -0.2) is 40.3 Å². The Kier molecular flexibility index (Phi) is 5.75. The maximum atomic E-state index is 13.1. The van der Waals surface area contributed by atoms with Gasteiger partial charge in [0.15, 0.2) is 0 Å². The number of Topliss-reactive ketones (excluding diaryl/α,β-unsaturated/α-hetero) is 1. The van der Waals surface area contributed by atoms with Crippen molar-refractivity contribution in [1.82, 2.24) is 9.88 Å². The van der Waals surface area contributed by atoms with E-state index in [9.17, 15) is 14.7 Å². The summed E-state index contributed by atoms with van der Waals surface area (Å²) in [5, 5.41) is 12.0. The topological polar surface area (TPSA) is 95.8 Å². The van der Waals surface area contributed by atoms with E-state index in [2.05, 4.69) is 20.9 Å². The van der Waals surface area contributed by atoms with Crippen LogP contribution in [0.15, 0.2) is 81.5 Å². The van der Waals surface area contributed by atoms with Gasteiger partial charge in [-0.25, -0.2) is 0 Å². The molecule has 0 radical (unpaired) electrons. The first kappa shape index (κ1) is 22.0. The molecule has 1 aliphatic heterocycles. The summed E-state index contributed by atoms with van der Waals surface area (Å²) in [6.07, 6.45) is 3.88. The summed E-state index contributed by atoms with van der Waals surface area (Å²) < 4.78 is 11.8. The molecule has 5 rings (SSSR count). The Hall–Kier alpha value is -3.78. The first-order valence-corrected chi connectivity index (χ1v) is 11.5. The van der Waals surface area contributed by atoms with E-state index < -0.39 is 17.7 Å². The molecule has 1 amide bonds. The van der Waals surface area contributed by atoms with Crippen molar-refractivity contribution in [2.45, 2.75) is 12.5 Å². The van der Waals surface area contributed by atoms with E-state index in [-0.39, 0.29) is 17.9 Å². The Labute approximate surface area is 203 Å². The maximum Gasteiger partial charge on any atom is 0.295 e. The van der Waals surface area contributed by atoms with Gasteiger partial charge in [-0.2, -0.15) is 0 Å². The van der Waals surface area contributed by atoms with E-state index in [4.69, 9.17) is 9.15 Å². The zero-order valence-corrected chi connectivity index (χ0v) is 19.8. The second-order valence-corrected chi connectivity index (χ2v) is 8.91. The number of H-pyrrole nitrogens is 1. The molecule has 0 saturated carbocycles. The van der Waals surface area contributed by atoms with Crippen molar-refractivity contribution in [2.24, 2.45) is 0 Å². The lowest BCUT2D eigenvalue weighted by Gasteiger charge is -2.23. The number of halogens is 1. The van der Waals surface area contributed by atoms with E-state index in [1.807, 2.05) is 24.4 Å². The average molecular weight is 521 g/mol. The Morgan fingerprint density at radius 1 is 1.18 bits per heavy atom. The summed E-state index contributed by atoms with van der Waals surface area (Å²) in [6.45, 7) is 0.261. The summed E-state index contributed by atoms with van der Waals surface area (Å²) in [5.41, 5.74) is 2.40. The molecule has 2 N–H and O–H groups in total. The number of carbonyl (C=O) groups is 2. The Morgan fingerprint density at radius 3 is 2.68 bits per heavy atom. The van der Waals surface area contributed by atoms with Gasteiger partial charge in [0, 0.05) is 33.7 Å². The minimum Gasteiger partial charge on any atom is -0.507 e. The number of hydrogen-bond acceptors (Lipinski definition) is 5. The van der Waals surface area contributed by atoms with E-state index in [1.54, 1.807) is 43.5 Å². The normalized spacial score (nSPS) is 17.6. The molecular weight excluding hydrogens is 500 g/mol. The van der Waals surface area contributed by atoms with Gasteiger partial charge in [-0.05, 0) is 54.4 Å². The second kappa shape index (κ2) is 8.87. The van der Waals surface area contributed by atoms with Crippen LogP contribution in [0.25, 0.3) is 16.7 Å². The summed E-state index contributed by atoms with van der Waals surface area (Å²) >= 11 is 3.37. The number of aliphatic hydroxyl groups is 1. The van der Waals surface area contributed by atoms with Gasteiger partial charge in [0.05, 0.1) is 18.9 Å². The van der Waals surface area contributed by atoms with E-state index in [0.717, 1.165) is 26.7 Å². The van der Waals surface area contributed by atoms with Gasteiger partial charge < -0.3 is 24.1 Å². The number of aliphatic hydroxyl groups excluding tert-OH is 1. The van der Waals surface area contributed by atoms with Gasteiger partial charge >= 0.3 is 0 Å². The number of hydrogen-bond donors (Lipinski definition) is 2. The predicted molar refractivity (Wildman–Crippen MR) is 130 cm³/mol. The van der Waals surface area contributed by atoms with Crippen molar-refractivity contribution in [2.75, 3.05) is 13.7 Å². The molecule has 1 saturated heterocycles. The number of ether oxygens (including phenoxy) is 1. The van der Waals surface area contributed by atoms with E-state index >= 15 is 0 Å². The zero-order chi connectivity index (χ0) is 23.8. The summed E-state index contributed by atoms with van der Waals surface area (Å²) in [5.74, 6) is -0.483. The number of carbonyl (C=O) groups excluding carboxylic acids is 2. The number of furan rings is 1. The van der Waals surface area contributed by atoms with Gasteiger partial charge in [0.1, 0.15) is 23.3 Å². The third kappa shape index (κ3) is 3.80. The number of nitrogens with zero attached hydrogens (tertiary/aromatic N) is 1. The maximum absolute atomic E-state index is 13.1. The lowest BCUT2D eigenvalue weighted by molar-refractivity contribution is -0.140. The highest BCUT2D eigenvalue weighted by Gasteiger charge is 2.47. The fraction of sp³-hybridized carbons (Fsp3) is 0.154. The fourth-order valence-corrected chi connectivity index (χ4v) is 4.61. The van der Waals surface area contributed by atoms with Gasteiger partial charge in [0.25, 0.3) is 11.7 Å². The lowest BCUT2D eigenvalue weighted by atomic mass is 9.99. The predicted octanol–water partition coefficient (Wildman–Crippen LogP) is 5.20. The Morgan fingerprint density at radius 2 is 1.97 bits per heavy atom. The number of methoxy groups -OCH3 is 1. The molecule has 34 heavy (non-hydrogen) atoms. The zero-order valence-electron chi connectivity index (χ0n) is 18.2. The molecule has 1 aliphatic rings. The Bertz CT molecular complexity index is 1400. The quantitative estimate of drug-likeness (QED) is 0.207. The van der Waals surface area contributed by atoms with Crippen molar-refractivity contribution in [1.29, 1.82) is 0 Å². The summed E-state index contributed by atoms with van der Waals surface area (Å²) in [7, 11) is 1.61. The molecule has 0 unspecified atom stereocenters. The highest BCUT2D eigenvalue weighted by atomic mass is 79.9. The third-order valence-corrected chi connectivity index (χ3v) is 6.60. The molecule has 0 bridgehead atoms. The number of ketones is 1. The van der Waals surface area contributed by atoms with Crippen LogP contribution >= 0.6 is 15.9 Å². The fourth-order valence-electron chi connectivity index (χ4n) is 4.35. The van der Waals surface area contributed by atoms with Crippen molar-refractivity contribution in [3.05, 3.63) is 94.0 Å². The molecule has 7 nitrogen and oxygen atoms in total. The van der Waals surface area contributed by atoms with Gasteiger partial charge in [-0.3, -0.25) is 9.59 Å². The van der Waals surface area contributed by atoms with Crippen LogP contribution in [0.1, 0.15) is 22.9 Å². The molecule has 1 atom stereocenters. The van der Waals surface area contributed by atoms with Crippen LogP contribution < -0.4 is 4.74 Å². The molecule has 2 aromatic carbocycles. The molecule has 0 spiro atoms. The van der Waals surface area contributed by atoms with Crippen LogP contribution in [0.5, 0.6) is 5.75 Å². The molecule has 4 aromatic rings. The van der Waals surface area contributed by atoms with Crippen molar-refractivity contribution in [3.63, 3.8) is 0 Å². The molecule has 1 fully saturated rings. The first-order chi connectivity index (χ1) is 16.5. The standard InChI is InChI=1S/C26H21BrN2O5/c1-33-18-8-9-20-19(13-18)16(14-28-20)10-11-29-23(21-3-2-12-34-21)22(25(31)26(29)32)24(30)15-4-6-17(27)7-5-15/h2-9,12-14,23,28,30H,10-11H2,1H3/t23-/m0/s1. The van der Waals surface area contributed by atoms with E-state index in [0.29, 0.717) is 17.7 Å². The average Bonchev–Trinajstić information content (AvgIpc) is 3.57. The SMILES string of the molecule is COc1ccc2[nH]cc(CCN3C(=O)C(=O)C(=C(O)c4ccc(Br)cc4)[C@@H]3c3ccco3)c2c1. The number of likely N-dealkylation sites (tertiary alicyclic amines) is 1. The first-order valence-electron chi connectivity index (χ1n) is 10.7. The van der Waals surface area contributed by atoms with E-state index in [1.165, 1.54) is 11.2 Å². The minimum absolute atomic E-state index is 0.0165. The highest BCUT2D eigenvalue weighted by molar-refractivity contribution is 9.10. The number of fused-ring (bicyclic) bond motifs is 1. The third-order valence-electron chi connectivity index (χ3n) is 6.07. The number of amides is 1. The van der Waals surface area contributed by atoms with Crippen molar-refractivity contribution in [3.8, 4) is 5.75 Å². The van der Waals surface area contributed by atoms with Gasteiger partial charge in [-0.1, -0.05) is 28.1 Å². The number of benzene rings is 2. The molecule has 0 aliphatic carbocycles. The van der Waals surface area contributed by atoms with Gasteiger partial charge in [-0.15, -0.1) is 0 Å². The number of aromatic nitrogens is 1. The van der Waals surface area contributed by atoms with Crippen LogP contribution in [-0.2, 0) is 16.0 Å². The largest absolute Gasteiger partial charge is 0.507 e. The van der Waals surface area contributed by atoms with Crippen LogP contribution in [0.3, 0.4) is 0 Å². The van der Waals surface area contributed by atoms with Crippen LogP contribution in [0.2, 0.25) is 0 Å². The molecule has 8 heteroatoms. The second-order valence-electron chi connectivity index (χ2n) is 7.99. The molecule has 3 heterocycles. The highest BCUT2D eigenvalue weighted by Crippen LogP contribution is 2.40. The minimum atomic E-state index is -0.821. The summed E-state index contributed by atoms with van der Waals surface area (Å²) in [4.78, 5) is 30.9. The van der Waals surface area contributed by atoms with Crippen molar-refractivity contribution >= 4 is 44.3 Å². The number of rotatable bonds is 6. The number of aromatic amines is 1. The van der Waals surface area contributed by atoms with Gasteiger partial charge in [0.2, 0.25) is 0 Å². The number of nitrogens with one attached hydrogen (secondary N) is 1. The smallest absolute Gasteiger partial charge is 0.295 e. The monoisotopic (exact) mass is 520 g/mol. The lowest BCUT2D eigenvalue weighted by Crippen LogP contribution is -2.31. The Balaban J connectivity index is 1.52.